The quantitative estimate of drug-likeness (QED) is 0.770. The van der Waals surface area contributed by atoms with Crippen LogP contribution in [0.5, 0.6) is 0 Å². The lowest BCUT2D eigenvalue weighted by atomic mass is 10.2. The third kappa shape index (κ3) is 3.03. The van der Waals surface area contributed by atoms with Gasteiger partial charge in [0.25, 0.3) is 0 Å². The van der Waals surface area contributed by atoms with Gasteiger partial charge in [-0.25, -0.2) is 14.6 Å². The van der Waals surface area contributed by atoms with E-state index in [-0.39, 0.29) is 11.9 Å². The molecular weight excluding hydrogens is 280 g/mol. The van der Waals surface area contributed by atoms with E-state index in [4.69, 9.17) is 0 Å². The Morgan fingerprint density at radius 1 is 1.32 bits per heavy atom. The number of hydrogen-bond donors (Lipinski definition) is 1. The molecule has 112 valence electrons. The van der Waals surface area contributed by atoms with E-state index in [0.29, 0.717) is 6.54 Å². The molecule has 0 radical (unpaired) electrons. The molecule has 0 aliphatic carbocycles. The molecule has 7 heteroatoms. The fourth-order valence-electron chi connectivity index (χ4n) is 2.07. The summed E-state index contributed by atoms with van der Waals surface area (Å²) >= 11 is 0. The van der Waals surface area contributed by atoms with Gasteiger partial charge in [0.1, 0.15) is 6.04 Å². The van der Waals surface area contributed by atoms with Gasteiger partial charge in [0.2, 0.25) is 5.91 Å². The highest BCUT2D eigenvalue weighted by Crippen LogP contribution is 2.08. The number of carbonyl (C=O) groups is 1. The molecule has 3 rings (SSSR count). The van der Waals surface area contributed by atoms with E-state index in [0.717, 1.165) is 11.4 Å². The molecule has 0 unspecified atom stereocenters. The molecule has 0 spiro atoms. The molecule has 0 fully saturated rings. The summed E-state index contributed by atoms with van der Waals surface area (Å²) in [7, 11) is 0. The smallest absolute Gasteiger partial charge is 0.243 e. The van der Waals surface area contributed by atoms with Crippen molar-refractivity contribution >= 4 is 5.91 Å². The summed E-state index contributed by atoms with van der Waals surface area (Å²) in [4.78, 5) is 20.3. The first-order chi connectivity index (χ1) is 10.7. The molecule has 3 aromatic rings. The van der Waals surface area contributed by atoms with E-state index < -0.39 is 0 Å². The van der Waals surface area contributed by atoms with Crippen molar-refractivity contribution in [3.63, 3.8) is 0 Å². The molecule has 0 aromatic carbocycles. The van der Waals surface area contributed by atoms with Crippen LogP contribution < -0.4 is 5.32 Å². The van der Waals surface area contributed by atoms with E-state index in [9.17, 15) is 4.79 Å². The Balaban J connectivity index is 1.64. The monoisotopic (exact) mass is 296 g/mol. The van der Waals surface area contributed by atoms with E-state index >= 15 is 0 Å². The van der Waals surface area contributed by atoms with Crippen LogP contribution in [-0.2, 0) is 11.3 Å². The van der Waals surface area contributed by atoms with Crippen LogP contribution in [0, 0.1) is 0 Å². The van der Waals surface area contributed by atoms with Crippen molar-refractivity contribution in [2.75, 3.05) is 0 Å². The molecule has 0 saturated carbocycles. The number of amides is 1. The third-order valence-electron chi connectivity index (χ3n) is 3.37. The van der Waals surface area contributed by atoms with E-state index in [1.165, 1.54) is 0 Å². The Hall–Kier alpha value is -2.96. The zero-order valence-corrected chi connectivity index (χ0v) is 12.1. The van der Waals surface area contributed by atoms with Gasteiger partial charge in [-0.1, -0.05) is 0 Å². The summed E-state index contributed by atoms with van der Waals surface area (Å²) in [5, 5.41) is 7.06. The molecule has 0 aliphatic rings. The van der Waals surface area contributed by atoms with Gasteiger partial charge in [-0.2, -0.15) is 5.10 Å². The number of carbonyl (C=O) groups excluding carboxylic acids is 1. The van der Waals surface area contributed by atoms with Crippen LogP contribution in [0.3, 0.4) is 0 Å². The molecule has 1 N–H and O–H groups in total. The first kappa shape index (κ1) is 14.0. The molecule has 7 nitrogen and oxygen atoms in total. The van der Waals surface area contributed by atoms with Gasteiger partial charge in [0.15, 0.2) is 5.82 Å². The van der Waals surface area contributed by atoms with Gasteiger partial charge in [-0.05, 0) is 30.7 Å². The van der Waals surface area contributed by atoms with Crippen molar-refractivity contribution in [1.82, 2.24) is 29.6 Å². The van der Waals surface area contributed by atoms with Crippen LogP contribution >= 0.6 is 0 Å². The second kappa shape index (κ2) is 6.21. The van der Waals surface area contributed by atoms with Gasteiger partial charge in [0.05, 0.1) is 6.33 Å². The van der Waals surface area contributed by atoms with Gasteiger partial charge >= 0.3 is 0 Å². The number of imidazole rings is 1. The molecule has 3 heterocycles. The van der Waals surface area contributed by atoms with Crippen LogP contribution in [0.4, 0.5) is 0 Å². The predicted molar refractivity (Wildman–Crippen MR) is 80.1 cm³/mol. The lowest BCUT2D eigenvalue weighted by molar-refractivity contribution is -0.124. The number of nitrogens with one attached hydrogen (secondary N) is 1. The molecule has 0 aliphatic heterocycles. The van der Waals surface area contributed by atoms with Gasteiger partial charge in [-0.3, -0.25) is 4.79 Å². The fraction of sp³-hybridized carbons (Fsp3) is 0.200. The summed E-state index contributed by atoms with van der Waals surface area (Å²) in [6, 6.07) is 5.31. The molecule has 0 saturated heterocycles. The SMILES string of the molecule is C[C@H](C(=O)NCc1ccnc(-n2cccn2)c1)n1ccnc1. The number of aromatic nitrogens is 5. The molecule has 1 atom stereocenters. The van der Waals surface area contributed by atoms with Crippen LogP contribution in [0.2, 0.25) is 0 Å². The maximum atomic E-state index is 12.1. The lowest BCUT2D eigenvalue weighted by Crippen LogP contribution is -2.30. The van der Waals surface area contributed by atoms with Crippen LogP contribution in [-0.4, -0.2) is 30.2 Å². The van der Waals surface area contributed by atoms with Crippen LogP contribution in [0.25, 0.3) is 5.82 Å². The zero-order valence-electron chi connectivity index (χ0n) is 12.1. The highest BCUT2D eigenvalue weighted by molar-refractivity contribution is 5.79. The van der Waals surface area contributed by atoms with E-state index in [2.05, 4.69) is 20.4 Å². The Bertz CT molecular complexity index is 735. The van der Waals surface area contributed by atoms with Crippen molar-refractivity contribution < 1.29 is 4.79 Å². The fourth-order valence-corrected chi connectivity index (χ4v) is 2.07. The summed E-state index contributed by atoms with van der Waals surface area (Å²) in [5.41, 5.74) is 0.965. The van der Waals surface area contributed by atoms with Crippen molar-refractivity contribution in [1.29, 1.82) is 0 Å². The van der Waals surface area contributed by atoms with E-state index in [1.54, 1.807) is 40.4 Å². The Morgan fingerprint density at radius 2 is 2.23 bits per heavy atom. The average Bonchev–Trinajstić information content (AvgIpc) is 3.24. The summed E-state index contributed by atoms with van der Waals surface area (Å²) < 4.78 is 3.44. The van der Waals surface area contributed by atoms with Crippen molar-refractivity contribution in [2.45, 2.75) is 19.5 Å². The number of rotatable bonds is 5. The Kier molecular flexibility index (Phi) is 3.95. The number of pyridine rings is 1. The first-order valence-electron chi connectivity index (χ1n) is 6.94. The second-order valence-electron chi connectivity index (χ2n) is 4.88. The number of hydrogen-bond acceptors (Lipinski definition) is 4. The number of nitrogens with zero attached hydrogens (tertiary/aromatic N) is 5. The summed E-state index contributed by atoms with van der Waals surface area (Å²) in [6.07, 6.45) is 10.3. The maximum absolute atomic E-state index is 12.1. The van der Waals surface area contributed by atoms with Gasteiger partial charge in [-0.15, -0.1) is 0 Å². The molecule has 22 heavy (non-hydrogen) atoms. The Morgan fingerprint density at radius 3 is 2.95 bits per heavy atom. The minimum atomic E-state index is -0.296. The third-order valence-corrected chi connectivity index (χ3v) is 3.37. The summed E-state index contributed by atoms with van der Waals surface area (Å²) in [5.74, 6) is 0.662. The maximum Gasteiger partial charge on any atom is 0.243 e. The normalized spacial score (nSPS) is 12.0. The molecule has 1 amide bonds. The average molecular weight is 296 g/mol. The Labute approximate surface area is 127 Å². The second-order valence-corrected chi connectivity index (χ2v) is 4.88. The minimum Gasteiger partial charge on any atom is -0.350 e. The highest BCUT2D eigenvalue weighted by atomic mass is 16.2. The highest BCUT2D eigenvalue weighted by Gasteiger charge is 2.13. The van der Waals surface area contributed by atoms with Crippen molar-refractivity contribution in [3.05, 3.63) is 61.1 Å². The van der Waals surface area contributed by atoms with Crippen LogP contribution in [0.1, 0.15) is 18.5 Å². The van der Waals surface area contributed by atoms with Crippen molar-refractivity contribution in [3.8, 4) is 5.82 Å². The molecule has 0 bridgehead atoms. The largest absolute Gasteiger partial charge is 0.350 e. The molecular formula is C15H16N6O. The van der Waals surface area contributed by atoms with Crippen molar-refractivity contribution in [2.24, 2.45) is 0 Å². The van der Waals surface area contributed by atoms with Gasteiger partial charge < -0.3 is 9.88 Å². The van der Waals surface area contributed by atoms with Crippen LogP contribution in [0.15, 0.2) is 55.5 Å². The topological polar surface area (TPSA) is 77.6 Å². The van der Waals surface area contributed by atoms with E-state index in [1.807, 2.05) is 31.3 Å². The standard InChI is InChI=1S/C15H16N6O/c1-12(20-8-6-16-11-20)15(22)18-10-13-3-5-17-14(9-13)21-7-2-4-19-21/h2-9,11-12H,10H2,1H3,(H,18,22)/t12-/m1/s1. The molecule has 3 aromatic heterocycles. The zero-order chi connectivity index (χ0) is 15.4. The first-order valence-corrected chi connectivity index (χ1v) is 6.94. The van der Waals surface area contributed by atoms with Gasteiger partial charge in [0, 0.05) is 37.5 Å². The lowest BCUT2D eigenvalue weighted by Gasteiger charge is -2.13. The summed E-state index contributed by atoms with van der Waals surface area (Å²) in [6.45, 7) is 2.27. The minimum absolute atomic E-state index is 0.0598. The predicted octanol–water partition coefficient (Wildman–Crippen LogP) is 1.34.